The van der Waals surface area contributed by atoms with Gasteiger partial charge in [0, 0.05) is 17.8 Å². The number of hydrogen-bond donors (Lipinski definition) is 2. The van der Waals surface area contributed by atoms with Gasteiger partial charge < -0.3 is 20.1 Å². The zero-order chi connectivity index (χ0) is 23.5. The summed E-state index contributed by atoms with van der Waals surface area (Å²) in [6.45, 7) is 4.74. The van der Waals surface area contributed by atoms with Crippen LogP contribution >= 0.6 is 0 Å². The Balaban J connectivity index is 1.59. The van der Waals surface area contributed by atoms with E-state index in [1.807, 2.05) is 48.5 Å². The van der Waals surface area contributed by atoms with E-state index in [9.17, 15) is 10.1 Å². The maximum absolute atomic E-state index is 13.2. The third-order valence-electron chi connectivity index (χ3n) is 5.89. The molecule has 2 aliphatic rings. The predicted octanol–water partition coefficient (Wildman–Crippen LogP) is 4.30. The van der Waals surface area contributed by atoms with E-state index in [2.05, 4.69) is 23.6 Å². The van der Waals surface area contributed by atoms with Crippen LogP contribution in [0.5, 0.6) is 11.5 Å². The van der Waals surface area contributed by atoms with Crippen LogP contribution < -0.4 is 20.1 Å². The molecule has 0 aromatic heterocycles. The highest BCUT2D eigenvalue weighted by atomic mass is 16.6. The van der Waals surface area contributed by atoms with Crippen LogP contribution in [0.25, 0.3) is 0 Å². The van der Waals surface area contributed by atoms with E-state index in [0.29, 0.717) is 41.7 Å². The van der Waals surface area contributed by atoms with Crippen molar-refractivity contribution in [3.05, 3.63) is 82.9 Å². The van der Waals surface area contributed by atoms with Crippen molar-refractivity contribution < 1.29 is 14.3 Å². The molecule has 3 aromatic carbocycles. The number of carbonyl (C=O) groups excluding carboxylic acids is 1. The first-order chi connectivity index (χ1) is 16.7. The molecule has 0 aliphatic carbocycles. The number of aliphatic imine (C=N–C) groups is 1. The molecule has 1 unspecified atom stereocenters. The Bertz CT molecular complexity index is 1310. The smallest absolute Gasteiger partial charge is 0.238 e. The summed E-state index contributed by atoms with van der Waals surface area (Å²) in [6.07, 6.45) is 0. The number of ether oxygens (including phenoxy) is 2. The second-order valence-electron chi connectivity index (χ2n) is 8.14. The van der Waals surface area contributed by atoms with Crippen molar-refractivity contribution in [3.63, 3.8) is 0 Å². The van der Waals surface area contributed by atoms with Crippen LogP contribution in [0.1, 0.15) is 35.1 Å². The number of anilines is 1. The summed E-state index contributed by atoms with van der Waals surface area (Å²) in [5, 5.41) is 15.5. The molecule has 0 saturated heterocycles. The minimum Gasteiger partial charge on any atom is -0.486 e. The van der Waals surface area contributed by atoms with Crippen LogP contribution in [-0.2, 0) is 11.3 Å². The van der Waals surface area contributed by atoms with Crippen molar-refractivity contribution in [2.45, 2.75) is 19.4 Å². The van der Waals surface area contributed by atoms with Gasteiger partial charge in [-0.15, -0.1) is 0 Å². The largest absolute Gasteiger partial charge is 0.486 e. The molecule has 1 atom stereocenters. The molecular formula is C27H24N4O3. The van der Waals surface area contributed by atoms with E-state index in [0.717, 1.165) is 35.5 Å². The normalized spacial score (nSPS) is 16.5. The number of benzene rings is 3. The summed E-state index contributed by atoms with van der Waals surface area (Å²) in [4.78, 5) is 18.1. The number of nitrogens with zero attached hydrogens (tertiary/aromatic N) is 2. The Morgan fingerprint density at radius 1 is 1.09 bits per heavy atom. The minimum atomic E-state index is -0.619. The average Bonchev–Trinajstić information content (AvgIpc) is 3.21. The highest BCUT2D eigenvalue weighted by Crippen LogP contribution is 2.39. The van der Waals surface area contributed by atoms with Crippen molar-refractivity contribution in [1.29, 1.82) is 5.26 Å². The van der Waals surface area contributed by atoms with Crippen LogP contribution in [0.4, 0.5) is 11.4 Å². The summed E-state index contributed by atoms with van der Waals surface area (Å²) in [7, 11) is 0. The number of carbonyl (C=O) groups is 1. The number of nitrogens with one attached hydrogen (secondary N) is 2. The fourth-order valence-corrected chi connectivity index (χ4v) is 4.20. The molecule has 0 saturated carbocycles. The lowest BCUT2D eigenvalue weighted by atomic mass is 9.90. The van der Waals surface area contributed by atoms with Crippen molar-refractivity contribution in [2.75, 3.05) is 25.1 Å². The monoisotopic (exact) mass is 452 g/mol. The lowest BCUT2D eigenvalue weighted by molar-refractivity contribution is -0.115. The van der Waals surface area contributed by atoms with Gasteiger partial charge in [0.25, 0.3) is 0 Å². The first-order valence-corrected chi connectivity index (χ1v) is 11.3. The zero-order valence-corrected chi connectivity index (χ0v) is 18.8. The van der Waals surface area contributed by atoms with E-state index in [1.165, 1.54) is 0 Å². The van der Waals surface area contributed by atoms with Gasteiger partial charge in [0.15, 0.2) is 11.5 Å². The number of amides is 1. The Kier molecular flexibility index (Phi) is 5.98. The fraction of sp³-hybridized carbons (Fsp3) is 0.222. The average molecular weight is 453 g/mol. The molecule has 5 rings (SSSR count). The standard InChI is InChI=1S/C27H24N4O3/c1-2-29-16-17-3-7-20(8-4-17)30-26(19-6-10-23-24(14-19)34-12-11-33-23)25-21-9-5-18(15-28)13-22(21)31-27(25)32/h3-10,13-14,25,29H,2,11-12,16H2,1H3,(H,31,32). The molecular weight excluding hydrogens is 428 g/mol. The van der Waals surface area contributed by atoms with Crippen molar-refractivity contribution in [1.82, 2.24) is 5.32 Å². The number of fused-ring (bicyclic) bond motifs is 2. The second kappa shape index (κ2) is 9.38. The van der Waals surface area contributed by atoms with Gasteiger partial charge in [-0.2, -0.15) is 5.26 Å². The maximum Gasteiger partial charge on any atom is 0.238 e. The summed E-state index contributed by atoms with van der Waals surface area (Å²) < 4.78 is 11.5. The van der Waals surface area contributed by atoms with E-state index >= 15 is 0 Å². The van der Waals surface area contributed by atoms with E-state index in [4.69, 9.17) is 14.5 Å². The summed E-state index contributed by atoms with van der Waals surface area (Å²) in [5.74, 6) is 0.516. The van der Waals surface area contributed by atoms with Crippen LogP contribution in [0.15, 0.2) is 65.7 Å². The van der Waals surface area contributed by atoms with Gasteiger partial charge >= 0.3 is 0 Å². The molecule has 170 valence electrons. The van der Waals surface area contributed by atoms with Gasteiger partial charge in [-0.25, -0.2) is 0 Å². The molecule has 0 spiro atoms. The van der Waals surface area contributed by atoms with E-state index < -0.39 is 5.92 Å². The van der Waals surface area contributed by atoms with Gasteiger partial charge in [-0.05, 0) is 60.1 Å². The predicted molar refractivity (Wildman–Crippen MR) is 130 cm³/mol. The topological polar surface area (TPSA) is 95.7 Å². The number of nitriles is 1. The highest BCUT2D eigenvalue weighted by molar-refractivity contribution is 6.24. The Hall–Kier alpha value is -4.15. The van der Waals surface area contributed by atoms with Gasteiger partial charge in [-0.1, -0.05) is 25.1 Å². The second-order valence-corrected chi connectivity index (χ2v) is 8.14. The molecule has 2 aliphatic heterocycles. The Morgan fingerprint density at radius 3 is 2.65 bits per heavy atom. The molecule has 0 bridgehead atoms. The third-order valence-corrected chi connectivity index (χ3v) is 5.89. The lowest BCUT2D eigenvalue weighted by Gasteiger charge is -2.20. The first-order valence-electron chi connectivity index (χ1n) is 11.3. The van der Waals surface area contributed by atoms with Crippen molar-refractivity contribution >= 4 is 23.0 Å². The number of rotatable bonds is 6. The van der Waals surface area contributed by atoms with Gasteiger partial charge in [0.2, 0.25) is 5.91 Å². The van der Waals surface area contributed by atoms with E-state index in [1.54, 1.807) is 12.1 Å². The molecule has 0 fully saturated rings. The number of hydrogen-bond acceptors (Lipinski definition) is 6. The molecule has 2 N–H and O–H groups in total. The maximum atomic E-state index is 13.2. The van der Waals surface area contributed by atoms with Crippen molar-refractivity contribution in [2.24, 2.45) is 4.99 Å². The Morgan fingerprint density at radius 2 is 1.88 bits per heavy atom. The van der Waals surface area contributed by atoms with Crippen LogP contribution in [0.2, 0.25) is 0 Å². The van der Waals surface area contributed by atoms with Gasteiger partial charge in [-0.3, -0.25) is 9.79 Å². The SMILES string of the molecule is CCNCc1ccc(N=C(c2ccc3c(c2)OCCO3)C2C(=O)Nc3cc(C#N)ccc32)cc1. The van der Waals surface area contributed by atoms with Crippen LogP contribution in [0, 0.1) is 11.3 Å². The summed E-state index contributed by atoms with van der Waals surface area (Å²) >= 11 is 0. The third kappa shape index (κ3) is 4.24. The van der Waals surface area contributed by atoms with Crippen LogP contribution in [0.3, 0.4) is 0 Å². The minimum absolute atomic E-state index is 0.178. The molecule has 0 radical (unpaired) electrons. The fourth-order valence-electron chi connectivity index (χ4n) is 4.20. The van der Waals surface area contributed by atoms with Crippen molar-refractivity contribution in [3.8, 4) is 17.6 Å². The summed E-state index contributed by atoms with van der Waals surface area (Å²) in [5.41, 5.74) is 5.22. The summed E-state index contributed by atoms with van der Waals surface area (Å²) in [6, 6.07) is 21.0. The molecule has 2 heterocycles. The van der Waals surface area contributed by atoms with Gasteiger partial charge in [0.1, 0.15) is 19.1 Å². The van der Waals surface area contributed by atoms with Crippen LogP contribution in [-0.4, -0.2) is 31.4 Å². The molecule has 7 nitrogen and oxygen atoms in total. The van der Waals surface area contributed by atoms with E-state index in [-0.39, 0.29) is 5.91 Å². The molecule has 34 heavy (non-hydrogen) atoms. The van der Waals surface area contributed by atoms with Gasteiger partial charge in [0.05, 0.1) is 23.0 Å². The lowest BCUT2D eigenvalue weighted by Crippen LogP contribution is -2.22. The zero-order valence-electron chi connectivity index (χ0n) is 18.8. The molecule has 1 amide bonds. The quantitative estimate of drug-likeness (QED) is 0.544. The highest BCUT2D eigenvalue weighted by Gasteiger charge is 2.36. The molecule has 7 heteroatoms. The first kappa shape index (κ1) is 21.7. The molecule has 3 aromatic rings. The Labute approximate surface area is 198 Å².